The second-order valence-electron chi connectivity index (χ2n) is 12.7. The molecule has 1 spiro atoms. The van der Waals surface area contributed by atoms with E-state index in [2.05, 4.69) is 67.1 Å². The van der Waals surface area contributed by atoms with Crippen molar-refractivity contribution in [3.05, 3.63) is 41.2 Å². The van der Waals surface area contributed by atoms with Crippen LogP contribution in [0.1, 0.15) is 107 Å². The molecule has 6 rings (SSSR count). The third-order valence-electron chi connectivity index (χ3n) is 9.61. The van der Waals surface area contributed by atoms with Crippen LogP contribution in [0.5, 0.6) is 0 Å². The standard InChI is InChI=1S/C31H44N4OS/c1-20(2)35-14-12-31(13-15-35)17-26(18-31)37-25-10-11-28(21(3)16-25)33-30-32-19-27(22-4-5-22)29(34-30)23-6-8-24(36)9-7-23/h10-11,16,19-20,22-24,26,36H,4-9,12-15,17-18H2,1-3H3,(H,32,33,34). The summed E-state index contributed by atoms with van der Waals surface area (Å²) >= 11 is 2.07. The molecule has 1 aromatic heterocycles. The zero-order valence-electron chi connectivity index (χ0n) is 22.9. The smallest absolute Gasteiger partial charge is 0.227 e. The molecule has 2 N–H and O–H groups in total. The van der Waals surface area contributed by atoms with Crippen molar-refractivity contribution in [1.82, 2.24) is 14.9 Å². The highest BCUT2D eigenvalue weighted by Gasteiger charge is 2.46. The van der Waals surface area contributed by atoms with E-state index >= 15 is 0 Å². The summed E-state index contributed by atoms with van der Waals surface area (Å²) in [4.78, 5) is 13.8. The Morgan fingerprint density at radius 3 is 2.38 bits per heavy atom. The largest absolute Gasteiger partial charge is 0.393 e. The summed E-state index contributed by atoms with van der Waals surface area (Å²) in [5.74, 6) is 1.80. The van der Waals surface area contributed by atoms with Crippen LogP contribution in [0.3, 0.4) is 0 Å². The van der Waals surface area contributed by atoms with Crippen LogP contribution >= 0.6 is 11.8 Å². The van der Waals surface area contributed by atoms with Crippen LogP contribution in [-0.4, -0.2) is 50.5 Å². The van der Waals surface area contributed by atoms with Crippen LogP contribution in [0.25, 0.3) is 0 Å². The van der Waals surface area contributed by atoms with Gasteiger partial charge in [-0.25, -0.2) is 9.97 Å². The lowest BCUT2D eigenvalue weighted by atomic mass is 9.63. The minimum absolute atomic E-state index is 0.137. The summed E-state index contributed by atoms with van der Waals surface area (Å²) in [6.07, 6.45) is 13.8. The molecule has 1 aromatic carbocycles. The monoisotopic (exact) mass is 520 g/mol. The molecule has 3 aliphatic carbocycles. The van der Waals surface area contributed by atoms with Gasteiger partial charge in [-0.05, 0) is 139 Å². The van der Waals surface area contributed by atoms with Gasteiger partial charge in [-0.3, -0.25) is 0 Å². The summed E-state index contributed by atoms with van der Waals surface area (Å²) in [6.45, 7) is 9.41. The normalized spacial score (nSPS) is 26.4. The molecule has 1 aliphatic heterocycles. The van der Waals surface area contributed by atoms with E-state index in [1.807, 2.05) is 0 Å². The predicted molar refractivity (Wildman–Crippen MR) is 153 cm³/mol. The van der Waals surface area contributed by atoms with Crippen molar-refractivity contribution >= 4 is 23.4 Å². The summed E-state index contributed by atoms with van der Waals surface area (Å²) in [5, 5.41) is 14.3. The van der Waals surface area contributed by atoms with Crippen LogP contribution in [0, 0.1) is 12.3 Å². The Morgan fingerprint density at radius 2 is 1.73 bits per heavy atom. The molecule has 4 fully saturated rings. The van der Waals surface area contributed by atoms with Crippen LogP contribution in [0.15, 0.2) is 29.3 Å². The molecule has 5 nitrogen and oxygen atoms in total. The maximum Gasteiger partial charge on any atom is 0.227 e. The van der Waals surface area contributed by atoms with Crippen LogP contribution < -0.4 is 5.32 Å². The number of hydrogen-bond donors (Lipinski definition) is 2. The number of piperidine rings is 1. The summed E-state index contributed by atoms with van der Waals surface area (Å²) in [5.41, 5.74) is 5.55. The van der Waals surface area contributed by atoms with E-state index in [1.54, 1.807) is 0 Å². The molecule has 2 aromatic rings. The Morgan fingerprint density at radius 1 is 1.03 bits per heavy atom. The number of nitrogens with one attached hydrogen (secondary N) is 1. The minimum atomic E-state index is -0.137. The third kappa shape index (κ3) is 5.72. The van der Waals surface area contributed by atoms with Crippen molar-refractivity contribution in [1.29, 1.82) is 0 Å². The molecule has 3 saturated carbocycles. The van der Waals surface area contributed by atoms with Gasteiger partial charge >= 0.3 is 0 Å². The average Bonchev–Trinajstić information content (AvgIpc) is 3.71. The van der Waals surface area contributed by atoms with E-state index in [1.165, 1.54) is 73.3 Å². The molecule has 6 heteroatoms. The van der Waals surface area contributed by atoms with Crippen molar-refractivity contribution in [2.45, 2.75) is 119 Å². The van der Waals surface area contributed by atoms with Crippen LogP contribution in [0.4, 0.5) is 11.6 Å². The van der Waals surface area contributed by atoms with Gasteiger partial charge < -0.3 is 15.3 Å². The van der Waals surface area contributed by atoms with E-state index in [9.17, 15) is 5.11 Å². The second kappa shape index (κ2) is 10.5. The number of benzene rings is 1. The van der Waals surface area contributed by atoms with Gasteiger partial charge in [0.15, 0.2) is 0 Å². The van der Waals surface area contributed by atoms with Gasteiger partial charge in [0.05, 0.1) is 11.8 Å². The fraction of sp³-hybridized carbons (Fsp3) is 0.677. The molecular weight excluding hydrogens is 476 g/mol. The Balaban J connectivity index is 1.08. The highest BCUT2D eigenvalue weighted by molar-refractivity contribution is 8.00. The Hall–Kier alpha value is -1.63. The SMILES string of the molecule is Cc1cc(SC2CC3(CCN(C(C)C)CC3)C2)ccc1Nc1ncc(C2CC2)c(C2CCC(O)CC2)n1. The quantitative estimate of drug-likeness (QED) is 0.404. The molecule has 200 valence electrons. The van der Waals surface area contributed by atoms with E-state index in [4.69, 9.17) is 9.97 Å². The predicted octanol–water partition coefficient (Wildman–Crippen LogP) is 7.17. The number of thioether (sulfide) groups is 1. The van der Waals surface area contributed by atoms with Crippen molar-refractivity contribution in [3.8, 4) is 0 Å². The first-order valence-corrected chi connectivity index (χ1v) is 15.6. The van der Waals surface area contributed by atoms with E-state index < -0.39 is 0 Å². The molecule has 1 saturated heterocycles. The summed E-state index contributed by atoms with van der Waals surface area (Å²) in [7, 11) is 0. The van der Waals surface area contributed by atoms with Gasteiger partial charge in [-0.1, -0.05) is 0 Å². The van der Waals surface area contributed by atoms with Gasteiger partial charge in [0.25, 0.3) is 0 Å². The number of rotatable bonds is 7. The molecule has 4 aliphatic rings. The molecule has 2 heterocycles. The van der Waals surface area contributed by atoms with E-state index in [-0.39, 0.29) is 6.10 Å². The number of hydrogen-bond acceptors (Lipinski definition) is 6. The number of aliphatic hydroxyl groups is 1. The molecular formula is C31H44N4OS. The first kappa shape index (κ1) is 25.6. The summed E-state index contributed by atoms with van der Waals surface area (Å²) < 4.78 is 0. The van der Waals surface area contributed by atoms with Crippen molar-refractivity contribution in [3.63, 3.8) is 0 Å². The zero-order valence-corrected chi connectivity index (χ0v) is 23.7. The third-order valence-corrected chi connectivity index (χ3v) is 10.8. The summed E-state index contributed by atoms with van der Waals surface area (Å²) in [6, 6.07) is 7.50. The Bertz CT molecular complexity index is 1090. The molecule has 0 bridgehead atoms. The highest BCUT2D eigenvalue weighted by atomic mass is 32.2. The molecule has 37 heavy (non-hydrogen) atoms. The second-order valence-corrected chi connectivity index (χ2v) is 14.1. The maximum atomic E-state index is 9.98. The number of anilines is 2. The van der Waals surface area contributed by atoms with Gasteiger partial charge in [-0.15, -0.1) is 11.8 Å². The lowest BCUT2D eigenvalue weighted by molar-refractivity contribution is 0.0267. The van der Waals surface area contributed by atoms with Crippen molar-refractivity contribution in [2.24, 2.45) is 5.41 Å². The van der Waals surface area contributed by atoms with E-state index in [0.29, 0.717) is 29.2 Å². The lowest BCUT2D eigenvalue weighted by Crippen LogP contribution is -2.49. The van der Waals surface area contributed by atoms with Gasteiger partial charge in [0.1, 0.15) is 0 Å². The average molecular weight is 521 g/mol. The fourth-order valence-electron chi connectivity index (χ4n) is 6.92. The number of aliphatic hydroxyl groups excluding tert-OH is 1. The number of aryl methyl sites for hydroxylation is 1. The van der Waals surface area contributed by atoms with Gasteiger partial charge in [0, 0.05) is 34.0 Å². The fourth-order valence-corrected chi connectivity index (χ4v) is 8.57. The molecule has 0 radical (unpaired) electrons. The minimum Gasteiger partial charge on any atom is -0.393 e. The van der Waals surface area contributed by atoms with Crippen molar-refractivity contribution in [2.75, 3.05) is 18.4 Å². The first-order valence-electron chi connectivity index (χ1n) is 14.7. The van der Waals surface area contributed by atoms with E-state index in [0.717, 1.165) is 36.6 Å². The first-order chi connectivity index (χ1) is 17.9. The zero-order chi connectivity index (χ0) is 25.6. The number of nitrogens with zero attached hydrogens (tertiary/aromatic N) is 3. The Kier molecular flexibility index (Phi) is 7.28. The van der Waals surface area contributed by atoms with Gasteiger partial charge in [0.2, 0.25) is 5.95 Å². The Labute approximate surface area is 227 Å². The van der Waals surface area contributed by atoms with Crippen LogP contribution in [-0.2, 0) is 0 Å². The van der Waals surface area contributed by atoms with Crippen molar-refractivity contribution < 1.29 is 5.11 Å². The lowest BCUT2D eigenvalue weighted by Gasteiger charge is -2.52. The molecule has 0 atom stereocenters. The van der Waals surface area contributed by atoms with Crippen LogP contribution in [0.2, 0.25) is 0 Å². The maximum absolute atomic E-state index is 9.98. The molecule has 0 unspecified atom stereocenters. The highest BCUT2D eigenvalue weighted by Crippen LogP contribution is 2.55. The number of likely N-dealkylation sites (tertiary alicyclic amines) is 1. The topological polar surface area (TPSA) is 61.3 Å². The molecule has 0 amide bonds. The number of aromatic nitrogens is 2. The van der Waals surface area contributed by atoms with Gasteiger partial charge in [-0.2, -0.15) is 0 Å².